The van der Waals surface area contributed by atoms with Gasteiger partial charge in [-0.2, -0.15) is 0 Å². The van der Waals surface area contributed by atoms with Crippen molar-refractivity contribution in [2.24, 2.45) is 11.7 Å². The van der Waals surface area contributed by atoms with E-state index in [1.807, 2.05) is 12.1 Å². The van der Waals surface area contributed by atoms with E-state index in [-0.39, 0.29) is 75.4 Å². The monoisotopic (exact) mass is 1470 g/mol. The van der Waals surface area contributed by atoms with Gasteiger partial charge in [0, 0.05) is 66.4 Å². The van der Waals surface area contributed by atoms with Gasteiger partial charge in [-0.25, -0.2) is 4.79 Å². The van der Waals surface area contributed by atoms with E-state index in [0.717, 1.165) is 39.1 Å². The van der Waals surface area contributed by atoms with Crippen LogP contribution >= 0.6 is 43.6 Å². The molecule has 1 saturated carbocycles. The number of unbranched alkanes of at least 4 members (excludes halogenated alkanes) is 2. The summed E-state index contributed by atoms with van der Waals surface area (Å²) in [5.74, 6) is -12.3. The molecule has 2 aliphatic rings. The molecule has 15 N–H and O–H groups in total. The maximum absolute atomic E-state index is 14.8. The van der Waals surface area contributed by atoms with Gasteiger partial charge in [0.15, 0.2) is 0 Å². The normalized spacial score (nSPS) is 17.7. The van der Waals surface area contributed by atoms with Gasteiger partial charge in [-0.1, -0.05) is 90.4 Å². The fourth-order valence-electron chi connectivity index (χ4n) is 11.2. The molecule has 1 saturated heterocycles. The summed E-state index contributed by atoms with van der Waals surface area (Å²) in [7, 11) is 0. The molecule has 0 spiro atoms. The number of nitrogens with zero attached hydrogens (tertiary/aromatic N) is 2. The van der Waals surface area contributed by atoms with Crippen LogP contribution < -0.4 is 48.7 Å². The molecule has 3 aromatic carbocycles. The van der Waals surface area contributed by atoms with Gasteiger partial charge in [-0.15, -0.1) is 11.8 Å². The standard InChI is InChI=1S/C65H89Br2N11O16S/c1-37(2)28-51(65(93)94)76-59(87)47(23-24-55(82)83)72-62(90)50(33-56(84)85)75-58(86)46(18-10-11-25-68)71-60(88)48(29-39-14-6-4-7-15-39)73-61(89)49(30-40-16-8-5-9-17-40)74-63(91)52(70-38(3)79)36-95-53-34-54(81)78(64(53)92)27-13-12-26-77(43-19-21-44(80)22-20-43)35-41-31-42(66)32-45(67)57(41)69/h4-9,14-17,31-32,37,43-44,46-53,80H,10-13,18-30,33-36,68-69H2,1-3H3,(H,70,79)(H,71,88)(H,72,90)(H,73,89)(H,74,91)(H,75,86)(H,76,87)(H,82,83)(H,84,85)(H,93,94). The number of likely N-dealkylation sites (tertiary alicyclic amines) is 1. The van der Waals surface area contributed by atoms with Crippen LogP contribution in [0.25, 0.3) is 0 Å². The molecule has 2 fully saturated rings. The van der Waals surface area contributed by atoms with Crippen LogP contribution in [0.2, 0.25) is 0 Å². The number of benzene rings is 3. The SMILES string of the molecule is CC(=O)NC(CSC1CC(=O)N(CCCCN(Cc2cc(Br)cc(Br)c2N)C2CCC(O)CC2)C1=O)C(=O)NC(Cc1ccccc1)C(=O)NC(Cc1ccccc1)C(=O)NC(CCCCN)C(=O)NC(CC(=O)O)C(=O)NC(CCC(=O)O)C(=O)NC(CC(C)C)C(=O)O. The topological polar surface area (TPSA) is 428 Å². The summed E-state index contributed by atoms with van der Waals surface area (Å²) in [5, 5.41) is 56.0. The quantitative estimate of drug-likeness (QED) is 0.0221. The van der Waals surface area contributed by atoms with Gasteiger partial charge in [0.05, 0.1) is 23.5 Å². The number of anilines is 1. The second kappa shape index (κ2) is 39.5. The Hall–Kier alpha value is -7.51. The molecule has 0 aromatic heterocycles. The Kier molecular flexibility index (Phi) is 32.5. The van der Waals surface area contributed by atoms with Gasteiger partial charge >= 0.3 is 17.9 Å². The number of carbonyl (C=O) groups excluding carboxylic acids is 9. The molecule has 30 heteroatoms. The largest absolute Gasteiger partial charge is 0.481 e. The lowest BCUT2D eigenvalue weighted by molar-refractivity contribution is -0.144. The number of hydrogen-bond acceptors (Lipinski definition) is 17. The van der Waals surface area contributed by atoms with Crippen molar-refractivity contribution >= 4 is 120 Å². The number of carboxylic acids is 3. The average Bonchev–Trinajstić information content (AvgIpc) is 1.83. The number of rotatable bonds is 40. The minimum absolute atomic E-state index is 0.0315. The minimum atomic E-state index is -1.95. The number of amides is 9. The van der Waals surface area contributed by atoms with Crippen molar-refractivity contribution in [3.8, 4) is 0 Å². The lowest BCUT2D eigenvalue weighted by Gasteiger charge is -2.36. The molecular formula is C65H89Br2N11O16S. The van der Waals surface area contributed by atoms with E-state index >= 15 is 0 Å². The summed E-state index contributed by atoms with van der Waals surface area (Å²) in [5.41, 5.74) is 14.9. The first-order valence-corrected chi connectivity index (χ1v) is 34.4. The highest BCUT2D eigenvalue weighted by Crippen LogP contribution is 2.32. The smallest absolute Gasteiger partial charge is 0.326 e. The van der Waals surface area contributed by atoms with Crippen LogP contribution in [0.5, 0.6) is 0 Å². The first-order valence-electron chi connectivity index (χ1n) is 31.8. The van der Waals surface area contributed by atoms with Crippen LogP contribution in [0.15, 0.2) is 81.7 Å². The van der Waals surface area contributed by atoms with Gasteiger partial charge in [0.25, 0.3) is 0 Å². The van der Waals surface area contributed by atoms with Crippen LogP contribution in [0.4, 0.5) is 5.69 Å². The van der Waals surface area contributed by atoms with E-state index in [4.69, 9.17) is 11.5 Å². The highest BCUT2D eigenvalue weighted by Gasteiger charge is 2.41. The second-order valence-electron chi connectivity index (χ2n) is 24.3. The van der Waals surface area contributed by atoms with Crippen molar-refractivity contribution in [2.45, 2.75) is 190 Å². The number of thioether (sulfide) groups is 1. The Morgan fingerprint density at radius 1 is 0.642 bits per heavy atom. The number of aliphatic hydroxyl groups excluding tert-OH is 1. The number of carboxylic acid groups (broad SMARTS) is 3. The Morgan fingerprint density at radius 2 is 1.16 bits per heavy atom. The second-order valence-corrected chi connectivity index (χ2v) is 27.3. The van der Waals surface area contributed by atoms with Gasteiger partial charge in [-0.05, 0) is 134 Å². The Bertz CT molecular complexity index is 3150. The van der Waals surface area contributed by atoms with Gasteiger partial charge in [-0.3, -0.25) is 62.5 Å². The van der Waals surface area contributed by atoms with E-state index < -0.39 is 138 Å². The van der Waals surface area contributed by atoms with E-state index in [0.29, 0.717) is 62.0 Å². The summed E-state index contributed by atoms with van der Waals surface area (Å²) in [6.45, 7) is 6.09. The molecule has 1 heterocycles. The van der Waals surface area contributed by atoms with Crippen molar-refractivity contribution in [3.63, 3.8) is 0 Å². The Labute approximate surface area is 573 Å². The zero-order valence-corrected chi connectivity index (χ0v) is 57.5. The maximum Gasteiger partial charge on any atom is 0.326 e. The number of hydrogen-bond donors (Lipinski definition) is 13. The molecule has 1 aliphatic heterocycles. The summed E-state index contributed by atoms with van der Waals surface area (Å²) < 4.78 is 1.63. The molecule has 520 valence electrons. The fraction of sp³-hybridized carbons (Fsp3) is 0.538. The third-order valence-electron chi connectivity index (χ3n) is 16.2. The molecule has 9 amide bonds. The molecule has 0 bridgehead atoms. The summed E-state index contributed by atoms with van der Waals surface area (Å²) in [6.07, 6.45) is 1.32. The summed E-state index contributed by atoms with van der Waals surface area (Å²) in [6, 6.07) is 10.1. The molecule has 8 unspecified atom stereocenters. The van der Waals surface area contributed by atoms with Crippen LogP contribution in [0, 0.1) is 5.92 Å². The Morgan fingerprint density at radius 3 is 1.68 bits per heavy atom. The van der Waals surface area contributed by atoms with Gasteiger partial charge < -0.3 is 69.1 Å². The van der Waals surface area contributed by atoms with Crippen molar-refractivity contribution in [3.05, 3.63) is 98.4 Å². The van der Waals surface area contributed by atoms with Crippen molar-refractivity contribution < 1.29 is 78.0 Å². The molecule has 1 aliphatic carbocycles. The number of aliphatic carboxylic acids is 3. The predicted octanol–water partition coefficient (Wildman–Crippen LogP) is 3.04. The maximum atomic E-state index is 14.8. The van der Waals surface area contributed by atoms with Gasteiger partial charge in [0.2, 0.25) is 53.2 Å². The van der Waals surface area contributed by atoms with Crippen molar-refractivity contribution in [1.82, 2.24) is 47.0 Å². The van der Waals surface area contributed by atoms with Crippen LogP contribution in [0.1, 0.15) is 127 Å². The molecule has 3 aromatic rings. The summed E-state index contributed by atoms with van der Waals surface area (Å²) >= 11 is 8.10. The molecule has 8 atom stereocenters. The number of imide groups is 1. The third kappa shape index (κ3) is 26.6. The van der Waals surface area contributed by atoms with E-state index in [1.54, 1.807) is 74.5 Å². The lowest BCUT2D eigenvalue weighted by Crippen LogP contribution is -2.60. The van der Waals surface area contributed by atoms with Crippen molar-refractivity contribution in [2.75, 3.05) is 31.1 Å². The molecule has 95 heavy (non-hydrogen) atoms. The first-order chi connectivity index (χ1) is 45.1. The first kappa shape index (κ1) is 78.2. The van der Waals surface area contributed by atoms with Gasteiger partial charge in [0.1, 0.15) is 42.3 Å². The number of nitrogens with two attached hydrogens (primary N) is 2. The highest BCUT2D eigenvalue weighted by atomic mass is 79.9. The van der Waals surface area contributed by atoms with E-state index in [2.05, 4.69) is 74.0 Å². The van der Waals surface area contributed by atoms with E-state index in [1.165, 1.54) is 11.8 Å². The lowest BCUT2D eigenvalue weighted by atomic mass is 9.91. The van der Waals surface area contributed by atoms with Crippen LogP contribution in [0.3, 0.4) is 0 Å². The zero-order valence-electron chi connectivity index (χ0n) is 53.5. The minimum Gasteiger partial charge on any atom is -0.481 e. The highest BCUT2D eigenvalue weighted by molar-refractivity contribution is 9.11. The van der Waals surface area contributed by atoms with Crippen molar-refractivity contribution in [1.29, 1.82) is 0 Å². The fourth-order valence-corrected chi connectivity index (χ4v) is 13.7. The molecule has 5 rings (SSSR count). The predicted molar refractivity (Wildman–Crippen MR) is 360 cm³/mol. The molecular weight excluding hydrogens is 1380 g/mol. The number of aliphatic hydroxyl groups is 1. The Balaban J connectivity index is 1.32. The van der Waals surface area contributed by atoms with Crippen LogP contribution in [-0.4, -0.2) is 186 Å². The number of carbonyl (C=O) groups is 12. The number of nitrogen functional groups attached to an aromatic ring is 1. The molecule has 0 radical (unpaired) electrons. The number of halogens is 2. The van der Waals surface area contributed by atoms with Crippen LogP contribution in [-0.2, 0) is 76.9 Å². The third-order valence-corrected chi connectivity index (χ3v) is 18.6. The summed E-state index contributed by atoms with van der Waals surface area (Å²) in [4.78, 5) is 165. The van der Waals surface area contributed by atoms with E-state index in [9.17, 15) is 78.0 Å². The molecule has 27 nitrogen and oxygen atoms in total. The number of nitrogens with one attached hydrogen (secondary N) is 7. The average molecular weight is 1470 g/mol. The zero-order chi connectivity index (χ0) is 69.9.